The number of ether oxygens (including phenoxy) is 1. The quantitative estimate of drug-likeness (QED) is 0.798. The van der Waals surface area contributed by atoms with E-state index >= 15 is 0 Å². The van der Waals surface area contributed by atoms with E-state index in [1.54, 1.807) is 0 Å². The Balaban J connectivity index is 2.10. The van der Waals surface area contributed by atoms with Gasteiger partial charge in [-0.25, -0.2) is 0 Å². The molecule has 0 spiro atoms. The summed E-state index contributed by atoms with van der Waals surface area (Å²) in [5.74, 6) is 0. The van der Waals surface area contributed by atoms with E-state index in [0.717, 1.165) is 30.6 Å². The Bertz CT molecular complexity index is 399. The van der Waals surface area contributed by atoms with E-state index in [1.807, 2.05) is 0 Å². The van der Waals surface area contributed by atoms with Gasteiger partial charge in [0.05, 0.1) is 11.8 Å². The maximum Gasteiger partial charge on any atom is 0.419 e. The Kier molecular flexibility index (Phi) is 4.01. The molecule has 0 N–H and O–H groups in total. The van der Waals surface area contributed by atoms with Crippen LogP contribution in [0, 0.1) is 5.41 Å². The van der Waals surface area contributed by atoms with Gasteiger partial charge in [0, 0.05) is 36.7 Å². The second kappa shape index (κ2) is 5.21. The van der Waals surface area contributed by atoms with Crippen molar-refractivity contribution in [1.82, 2.24) is 9.78 Å². The Morgan fingerprint density at radius 2 is 2.06 bits per heavy atom. The molecule has 1 aromatic heterocycles. The lowest BCUT2D eigenvalue weighted by molar-refractivity contribution is -0.137. The van der Waals surface area contributed by atoms with Crippen LogP contribution >= 0.6 is 15.9 Å². The highest BCUT2D eigenvalue weighted by Gasteiger charge is 2.35. The second-order valence-corrected chi connectivity index (χ2v) is 5.23. The maximum absolute atomic E-state index is 12.5. The summed E-state index contributed by atoms with van der Waals surface area (Å²) in [6.45, 7) is 1.79. The molecular formula is C11H14BrF3N2O. The molecule has 0 unspecified atom stereocenters. The molecule has 1 aliphatic rings. The molecule has 7 heteroatoms. The van der Waals surface area contributed by atoms with Crippen LogP contribution in [-0.4, -0.2) is 28.3 Å². The zero-order valence-electron chi connectivity index (χ0n) is 9.71. The highest BCUT2D eigenvalue weighted by molar-refractivity contribution is 9.09. The summed E-state index contributed by atoms with van der Waals surface area (Å²) in [4.78, 5) is 0. The van der Waals surface area contributed by atoms with Gasteiger partial charge in [0.1, 0.15) is 0 Å². The molecule has 0 aromatic carbocycles. The fourth-order valence-electron chi connectivity index (χ4n) is 2.08. The van der Waals surface area contributed by atoms with E-state index in [4.69, 9.17) is 4.74 Å². The third-order valence-corrected chi connectivity index (χ3v) is 4.48. The number of halogens is 4. The molecule has 1 fully saturated rings. The largest absolute Gasteiger partial charge is 0.419 e. The van der Waals surface area contributed by atoms with Crippen molar-refractivity contribution in [2.75, 3.05) is 18.5 Å². The van der Waals surface area contributed by atoms with Gasteiger partial charge >= 0.3 is 6.18 Å². The topological polar surface area (TPSA) is 27.1 Å². The molecule has 0 radical (unpaired) electrons. The highest BCUT2D eigenvalue weighted by atomic mass is 79.9. The molecule has 1 aromatic rings. The maximum atomic E-state index is 12.5. The van der Waals surface area contributed by atoms with Crippen molar-refractivity contribution >= 4 is 15.9 Å². The number of hydrogen-bond acceptors (Lipinski definition) is 2. The highest BCUT2D eigenvalue weighted by Crippen LogP contribution is 2.35. The smallest absolute Gasteiger partial charge is 0.381 e. The van der Waals surface area contributed by atoms with E-state index in [-0.39, 0.29) is 5.41 Å². The van der Waals surface area contributed by atoms with Gasteiger partial charge < -0.3 is 4.74 Å². The standard InChI is InChI=1S/C11H14BrF3N2O/c12-7-10(1-3-18-4-2-10)8-17-6-9(5-16-17)11(13,14)15/h5-6H,1-4,7-8H2. The Morgan fingerprint density at radius 1 is 1.39 bits per heavy atom. The predicted octanol–water partition coefficient (Wildman–Crippen LogP) is 3.09. The molecule has 0 aliphatic carbocycles. The molecular weight excluding hydrogens is 313 g/mol. The summed E-state index contributed by atoms with van der Waals surface area (Å²) >= 11 is 3.45. The monoisotopic (exact) mass is 326 g/mol. The third kappa shape index (κ3) is 3.06. The van der Waals surface area contributed by atoms with Crippen molar-refractivity contribution in [3.63, 3.8) is 0 Å². The van der Waals surface area contributed by atoms with Crippen molar-refractivity contribution in [2.45, 2.75) is 25.6 Å². The van der Waals surface area contributed by atoms with Crippen LogP contribution in [0.3, 0.4) is 0 Å². The molecule has 0 saturated carbocycles. The van der Waals surface area contributed by atoms with Gasteiger partial charge in [-0.15, -0.1) is 0 Å². The number of aromatic nitrogens is 2. The molecule has 1 aliphatic heterocycles. The van der Waals surface area contributed by atoms with Gasteiger partial charge in [0.2, 0.25) is 0 Å². The third-order valence-electron chi connectivity index (χ3n) is 3.29. The zero-order chi connectivity index (χ0) is 13.2. The van der Waals surface area contributed by atoms with Crippen molar-refractivity contribution < 1.29 is 17.9 Å². The number of rotatable bonds is 3. The fraction of sp³-hybridized carbons (Fsp3) is 0.727. The van der Waals surface area contributed by atoms with Gasteiger partial charge in [-0.2, -0.15) is 18.3 Å². The molecule has 0 amide bonds. The summed E-state index contributed by atoms with van der Waals surface area (Å²) in [6, 6.07) is 0. The summed E-state index contributed by atoms with van der Waals surface area (Å²) in [5, 5.41) is 4.55. The lowest BCUT2D eigenvalue weighted by Gasteiger charge is -2.35. The van der Waals surface area contributed by atoms with Crippen LogP contribution in [0.5, 0.6) is 0 Å². The number of nitrogens with zero attached hydrogens (tertiary/aromatic N) is 2. The molecule has 0 bridgehead atoms. The van der Waals surface area contributed by atoms with Gasteiger partial charge in [-0.3, -0.25) is 4.68 Å². The van der Waals surface area contributed by atoms with Crippen LogP contribution in [0.1, 0.15) is 18.4 Å². The van der Waals surface area contributed by atoms with Crippen molar-refractivity contribution in [2.24, 2.45) is 5.41 Å². The predicted molar refractivity (Wildman–Crippen MR) is 63.5 cm³/mol. The summed E-state index contributed by atoms with van der Waals surface area (Å²) in [6.07, 6.45) is -0.713. The summed E-state index contributed by atoms with van der Waals surface area (Å²) in [5.41, 5.74) is -0.757. The van der Waals surface area contributed by atoms with Crippen LogP contribution in [0.4, 0.5) is 13.2 Å². The first-order chi connectivity index (χ1) is 8.45. The van der Waals surface area contributed by atoms with E-state index in [0.29, 0.717) is 19.8 Å². The minimum atomic E-state index is -4.32. The summed E-state index contributed by atoms with van der Waals surface area (Å²) in [7, 11) is 0. The fourth-order valence-corrected chi connectivity index (χ4v) is 2.82. The number of alkyl halides is 4. The van der Waals surface area contributed by atoms with E-state index in [2.05, 4.69) is 21.0 Å². The average molecular weight is 327 g/mol. The van der Waals surface area contributed by atoms with Crippen LogP contribution in [0.2, 0.25) is 0 Å². The molecule has 18 heavy (non-hydrogen) atoms. The lowest BCUT2D eigenvalue weighted by atomic mass is 9.82. The molecule has 0 atom stereocenters. The minimum Gasteiger partial charge on any atom is -0.381 e. The second-order valence-electron chi connectivity index (χ2n) is 4.67. The molecule has 1 saturated heterocycles. The van der Waals surface area contributed by atoms with Crippen molar-refractivity contribution in [3.8, 4) is 0 Å². The summed E-state index contributed by atoms with van der Waals surface area (Å²) < 4.78 is 44.1. The van der Waals surface area contributed by atoms with E-state index in [1.165, 1.54) is 4.68 Å². The van der Waals surface area contributed by atoms with Crippen LogP contribution in [0.15, 0.2) is 12.4 Å². The van der Waals surface area contributed by atoms with Crippen molar-refractivity contribution in [1.29, 1.82) is 0 Å². The molecule has 2 heterocycles. The molecule has 2 rings (SSSR count). The average Bonchev–Trinajstić information content (AvgIpc) is 2.78. The van der Waals surface area contributed by atoms with Gasteiger partial charge in [0.15, 0.2) is 0 Å². The first-order valence-electron chi connectivity index (χ1n) is 5.69. The molecule has 102 valence electrons. The van der Waals surface area contributed by atoms with Gasteiger partial charge in [0.25, 0.3) is 0 Å². The van der Waals surface area contributed by atoms with Gasteiger partial charge in [-0.1, -0.05) is 15.9 Å². The van der Waals surface area contributed by atoms with Crippen LogP contribution in [-0.2, 0) is 17.5 Å². The Hall–Kier alpha value is -0.560. The number of hydrogen-bond donors (Lipinski definition) is 0. The lowest BCUT2D eigenvalue weighted by Crippen LogP contribution is -2.35. The molecule has 3 nitrogen and oxygen atoms in total. The SMILES string of the molecule is FC(F)(F)c1cnn(CC2(CBr)CCOCC2)c1. The normalized spacial score (nSPS) is 20.0. The zero-order valence-corrected chi connectivity index (χ0v) is 11.3. The Morgan fingerprint density at radius 3 is 2.56 bits per heavy atom. The van der Waals surface area contributed by atoms with Crippen LogP contribution in [0.25, 0.3) is 0 Å². The minimum absolute atomic E-state index is 0.0624. The first kappa shape index (κ1) is 13.9. The van der Waals surface area contributed by atoms with Gasteiger partial charge in [-0.05, 0) is 12.8 Å². The first-order valence-corrected chi connectivity index (χ1v) is 6.81. The van der Waals surface area contributed by atoms with E-state index in [9.17, 15) is 13.2 Å². The van der Waals surface area contributed by atoms with Crippen LogP contribution < -0.4 is 0 Å². The van der Waals surface area contributed by atoms with Crippen molar-refractivity contribution in [3.05, 3.63) is 18.0 Å². The Labute approximate surface area is 111 Å². The van der Waals surface area contributed by atoms with E-state index < -0.39 is 11.7 Å².